The Bertz CT molecular complexity index is 775. The van der Waals surface area contributed by atoms with Gasteiger partial charge in [0.1, 0.15) is 11.5 Å². The molecule has 0 amide bonds. The number of rotatable bonds is 10. The second kappa shape index (κ2) is 10.2. The average Bonchev–Trinajstić information content (AvgIpc) is 2.67. The number of aliphatic hydroxyl groups is 1. The van der Waals surface area contributed by atoms with E-state index in [4.69, 9.17) is 14.2 Å². The first-order valence-corrected chi connectivity index (χ1v) is 10.7. The SMILES string of the molecule is CCCC(C)(Pc1ccc(C)cc1C(C)O)c1cc(OC)ccc1OCOC. The van der Waals surface area contributed by atoms with Crippen molar-refractivity contribution in [3.8, 4) is 11.5 Å². The van der Waals surface area contributed by atoms with Crippen molar-refractivity contribution in [1.29, 1.82) is 0 Å². The molecule has 0 aliphatic carbocycles. The fourth-order valence-corrected chi connectivity index (χ4v) is 5.41. The Balaban J connectivity index is 2.54. The molecule has 2 rings (SSSR count). The van der Waals surface area contributed by atoms with Crippen LogP contribution in [0, 0.1) is 6.92 Å². The van der Waals surface area contributed by atoms with Gasteiger partial charge in [-0.3, -0.25) is 0 Å². The number of hydrogen-bond acceptors (Lipinski definition) is 4. The van der Waals surface area contributed by atoms with Crippen molar-refractivity contribution >= 4 is 13.9 Å². The maximum absolute atomic E-state index is 10.3. The highest BCUT2D eigenvalue weighted by Crippen LogP contribution is 2.49. The molecule has 5 heteroatoms. The van der Waals surface area contributed by atoms with Gasteiger partial charge in [-0.05, 0) is 49.3 Å². The van der Waals surface area contributed by atoms with Crippen LogP contribution in [0.5, 0.6) is 11.5 Å². The topological polar surface area (TPSA) is 47.9 Å². The molecule has 2 aromatic rings. The van der Waals surface area contributed by atoms with Crippen LogP contribution in [0.4, 0.5) is 0 Å². The maximum atomic E-state index is 10.3. The fourth-order valence-electron chi connectivity index (χ4n) is 3.52. The van der Waals surface area contributed by atoms with E-state index in [9.17, 15) is 5.11 Å². The number of hydrogen-bond donors (Lipinski definition) is 1. The van der Waals surface area contributed by atoms with Gasteiger partial charge in [0, 0.05) is 17.8 Å². The highest BCUT2D eigenvalue weighted by molar-refractivity contribution is 7.48. The molecule has 3 unspecified atom stereocenters. The first-order chi connectivity index (χ1) is 13.3. The lowest BCUT2D eigenvalue weighted by molar-refractivity contribution is 0.0500. The Kier molecular flexibility index (Phi) is 8.30. The van der Waals surface area contributed by atoms with Gasteiger partial charge in [-0.2, -0.15) is 0 Å². The van der Waals surface area contributed by atoms with E-state index in [0.717, 1.165) is 41.0 Å². The molecule has 0 saturated carbocycles. The quantitative estimate of drug-likeness (QED) is 0.444. The molecule has 4 nitrogen and oxygen atoms in total. The van der Waals surface area contributed by atoms with Gasteiger partial charge in [0.05, 0.1) is 13.2 Å². The van der Waals surface area contributed by atoms with Crippen LogP contribution in [-0.2, 0) is 9.89 Å². The number of benzene rings is 2. The molecule has 0 saturated heterocycles. The Labute approximate surface area is 171 Å². The summed E-state index contributed by atoms with van der Waals surface area (Å²) in [5.41, 5.74) is 3.27. The van der Waals surface area contributed by atoms with Crippen molar-refractivity contribution in [2.45, 2.75) is 51.8 Å². The van der Waals surface area contributed by atoms with Crippen molar-refractivity contribution < 1.29 is 19.3 Å². The second-order valence-corrected chi connectivity index (χ2v) is 9.28. The van der Waals surface area contributed by atoms with Gasteiger partial charge in [0.2, 0.25) is 0 Å². The zero-order valence-corrected chi connectivity index (χ0v) is 18.8. The zero-order valence-electron chi connectivity index (χ0n) is 17.8. The van der Waals surface area contributed by atoms with Crippen molar-refractivity contribution in [3.63, 3.8) is 0 Å². The molecule has 0 bridgehead atoms. The lowest BCUT2D eigenvalue weighted by Gasteiger charge is -2.33. The number of aryl methyl sites for hydroxylation is 1. The Morgan fingerprint density at radius 2 is 1.89 bits per heavy atom. The van der Waals surface area contributed by atoms with E-state index in [0.29, 0.717) is 8.58 Å². The molecule has 3 atom stereocenters. The molecule has 0 fully saturated rings. The molecule has 154 valence electrons. The van der Waals surface area contributed by atoms with Crippen molar-refractivity contribution in [3.05, 3.63) is 53.1 Å². The highest BCUT2D eigenvalue weighted by atomic mass is 31.1. The standard InChI is InChI=1S/C23H33O4P/c1-7-12-23(4,28-22-11-8-16(2)13-19(22)17(3)24)20-14-18(26-6)9-10-21(20)27-15-25-5/h8-11,13-14,17,24,28H,7,12,15H2,1-6H3. The summed E-state index contributed by atoms with van der Waals surface area (Å²) < 4.78 is 16.5. The predicted molar refractivity (Wildman–Crippen MR) is 118 cm³/mol. The van der Waals surface area contributed by atoms with E-state index < -0.39 is 6.10 Å². The van der Waals surface area contributed by atoms with Crippen LogP contribution >= 0.6 is 8.58 Å². The Hall–Kier alpha value is -1.61. The van der Waals surface area contributed by atoms with Crippen LogP contribution in [0.2, 0.25) is 0 Å². The summed E-state index contributed by atoms with van der Waals surface area (Å²) in [6.45, 7) is 8.56. The molecular weight excluding hydrogens is 371 g/mol. The largest absolute Gasteiger partial charge is 0.497 e. The molecule has 0 spiro atoms. The molecule has 0 aliphatic heterocycles. The maximum Gasteiger partial charge on any atom is 0.188 e. The van der Waals surface area contributed by atoms with Gasteiger partial charge in [0.15, 0.2) is 6.79 Å². The van der Waals surface area contributed by atoms with Crippen LogP contribution in [0.15, 0.2) is 36.4 Å². The molecule has 0 aliphatic rings. The lowest BCUT2D eigenvalue weighted by Crippen LogP contribution is -2.23. The van der Waals surface area contributed by atoms with Gasteiger partial charge in [0.25, 0.3) is 0 Å². The van der Waals surface area contributed by atoms with Crippen LogP contribution in [0.25, 0.3) is 0 Å². The minimum Gasteiger partial charge on any atom is -0.497 e. The third-order valence-electron chi connectivity index (χ3n) is 4.93. The summed E-state index contributed by atoms with van der Waals surface area (Å²) >= 11 is 0. The van der Waals surface area contributed by atoms with Crippen LogP contribution < -0.4 is 14.8 Å². The van der Waals surface area contributed by atoms with Gasteiger partial charge >= 0.3 is 0 Å². The lowest BCUT2D eigenvalue weighted by atomic mass is 9.94. The number of methoxy groups -OCH3 is 2. The number of ether oxygens (including phenoxy) is 3. The molecule has 28 heavy (non-hydrogen) atoms. The zero-order chi connectivity index (χ0) is 20.7. The van der Waals surface area contributed by atoms with Gasteiger partial charge < -0.3 is 19.3 Å². The summed E-state index contributed by atoms with van der Waals surface area (Å²) in [5, 5.41) is 11.4. The third kappa shape index (κ3) is 5.47. The van der Waals surface area contributed by atoms with Gasteiger partial charge in [-0.15, -0.1) is 0 Å². The summed E-state index contributed by atoms with van der Waals surface area (Å²) in [4.78, 5) is 0. The predicted octanol–water partition coefficient (Wildman–Crippen LogP) is 5.06. The molecule has 1 N–H and O–H groups in total. The Morgan fingerprint density at radius 1 is 1.14 bits per heavy atom. The van der Waals surface area contributed by atoms with Crippen LogP contribution in [0.3, 0.4) is 0 Å². The molecule has 0 aromatic heterocycles. The summed E-state index contributed by atoms with van der Waals surface area (Å²) in [6, 6.07) is 12.3. The first kappa shape index (κ1) is 22.7. The van der Waals surface area contributed by atoms with E-state index in [-0.39, 0.29) is 11.9 Å². The summed E-state index contributed by atoms with van der Waals surface area (Å²) in [6.07, 6.45) is 1.54. The van der Waals surface area contributed by atoms with E-state index in [1.54, 1.807) is 14.2 Å². The van der Waals surface area contributed by atoms with E-state index >= 15 is 0 Å². The van der Waals surface area contributed by atoms with E-state index in [1.807, 2.05) is 19.1 Å². The van der Waals surface area contributed by atoms with E-state index in [1.165, 1.54) is 5.30 Å². The minimum absolute atomic E-state index is 0.148. The molecule has 0 heterocycles. The highest BCUT2D eigenvalue weighted by Gasteiger charge is 2.31. The van der Waals surface area contributed by atoms with Crippen molar-refractivity contribution in [2.24, 2.45) is 0 Å². The summed E-state index contributed by atoms with van der Waals surface area (Å²) in [5.74, 6) is 1.63. The van der Waals surface area contributed by atoms with E-state index in [2.05, 4.69) is 45.0 Å². The normalized spacial score (nSPS) is 14.8. The fraction of sp³-hybridized carbons (Fsp3) is 0.478. The minimum atomic E-state index is -0.497. The summed E-state index contributed by atoms with van der Waals surface area (Å²) in [7, 11) is 3.79. The van der Waals surface area contributed by atoms with Crippen molar-refractivity contribution in [2.75, 3.05) is 21.0 Å². The Morgan fingerprint density at radius 3 is 2.50 bits per heavy atom. The van der Waals surface area contributed by atoms with Gasteiger partial charge in [-0.1, -0.05) is 52.6 Å². The smallest absolute Gasteiger partial charge is 0.188 e. The average molecular weight is 404 g/mol. The van der Waals surface area contributed by atoms with Gasteiger partial charge in [-0.25, -0.2) is 0 Å². The van der Waals surface area contributed by atoms with Crippen LogP contribution in [0.1, 0.15) is 56.4 Å². The third-order valence-corrected chi connectivity index (χ3v) is 6.73. The van der Waals surface area contributed by atoms with Crippen LogP contribution in [-0.4, -0.2) is 26.1 Å². The monoisotopic (exact) mass is 404 g/mol. The number of aliphatic hydroxyl groups excluding tert-OH is 1. The molecule has 0 radical (unpaired) electrons. The first-order valence-electron chi connectivity index (χ1n) is 9.71. The second-order valence-electron chi connectivity index (χ2n) is 7.39. The molecular formula is C23H33O4P. The molecule has 2 aromatic carbocycles. The van der Waals surface area contributed by atoms with Crippen molar-refractivity contribution in [1.82, 2.24) is 0 Å².